The number of hydrogen-bond donors (Lipinski definition) is 1. The van der Waals surface area contributed by atoms with Crippen LogP contribution in [0.4, 0.5) is 5.82 Å². The first-order valence-electron chi connectivity index (χ1n) is 6.50. The van der Waals surface area contributed by atoms with Crippen LogP contribution in [0.3, 0.4) is 0 Å². The van der Waals surface area contributed by atoms with Gasteiger partial charge in [-0.15, -0.1) is 0 Å². The second kappa shape index (κ2) is 4.88. The molecule has 0 saturated carbocycles. The van der Waals surface area contributed by atoms with Crippen LogP contribution in [0.2, 0.25) is 0 Å². The van der Waals surface area contributed by atoms with Gasteiger partial charge in [0.15, 0.2) is 0 Å². The average Bonchev–Trinajstić information content (AvgIpc) is 2.81. The summed E-state index contributed by atoms with van der Waals surface area (Å²) in [5.74, 6) is 2.56. The van der Waals surface area contributed by atoms with Gasteiger partial charge in [0.1, 0.15) is 10.8 Å². The lowest BCUT2D eigenvalue weighted by Crippen LogP contribution is -2.26. The maximum atomic E-state index is 5.84. The van der Waals surface area contributed by atoms with Crippen molar-refractivity contribution < 1.29 is 0 Å². The van der Waals surface area contributed by atoms with Gasteiger partial charge in [-0.2, -0.15) is 5.10 Å². The van der Waals surface area contributed by atoms with Gasteiger partial charge in [0.05, 0.1) is 11.3 Å². The molecule has 1 fully saturated rings. The molecule has 0 aliphatic carbocycles. The molecule has 0 spiro atoms. The van der Waals surface area contributed by atoms with Crippen LogP contribution in [0, 0.1) is 18.8 Å². The van der Waals surface area contributed by atoms with E-state index in [2.05, 4.69) is 23.8 Å². The highest BCUT2D eigenvalue weighted by molar-refractivity contribution is 7.80. The van der Waals surface area contributed by atoms with Crippen molar-refractivity contribution in [1.82, 2.24) is 9.78 Å². The van der Waals surface area contributed by atoms with Gasteiger partial charge in [-0.25, -0.2) is 0 Å². The molecule has 0 aromatic carbocycles. The van der Waals surface area contributed by atoms with Gasteiger partial charge in [-0.1, -0.05) is 26.1 Å². The third-order valence-corrected chi connectivity index (χ3v) is 4.11. The molecule has 1 aliphatic rings. The van der Waals surface area contributed by atoms with Gasteiger partial charge in [-0.3, -0.25) is 4.68 Å². The summed E-state index contributed by atoms with van der Waals surface area (Å²) in [6, 6.07) is 0. The Hall–Kier alpha value is -1.10. The zero-order valence-corrected chi connectivity index (χ0v) is 12.4. The van der Waals surface area contributed by atoms with Crippen LogP contribution < -0.4 is 10.6 Å². The van der Waals surface area contributed by atoms with Gasteiger partial charge in [0, 0.05) is 20.1 Å². The molecule has 0 bridgehead atoms. The van der Waals surface area contributed by atoms with E-state index in [1.54, 1.807) is 0 Å². The van der Waals surface area contributed by atoms with Crippen molar-refractivity contribution in [2.75, 3.05) is 18.0 Å². The Morgan fingerprint density at radius 3 is 2.67 bits per heavy atom. The van der Waals surface area contributed by atoms with Crippen LogP contribution in [0.25, 0.3) is 0 Å². The number of aryl methyl sites for hydroxylation is 2. The summed E-state index contributed by atoms with van der Waals surface area (Å²) in [6.45, 7) is 8.69. The van der Waals surface area contributed by atoms with Crippen LogP contribution in [0.5, 0.6) is 0 Å². The Morgan fingerprint density at radius 2 is 2.17 bits per heavy atom. The predicted molar refractivity (Wildman–Crippen MR) is 79.0 cm³/mol. The van der Waals surface area contributed by atoms with Crippen molar-refractivity contribution in [3.63, 3.8) is 0 Å². The Morgan fingerprint density at radius 1 is 1.50 bits per heavy atom. The molecule has 1 aromatic heterocycles. The van der Waals surface area contributed by atoms with Gasteiger partial charge in [0.2, 0.25) is 0 Å². The maximum absolute atomic E-state index is 5.84. The molecular weight excluding hydrogens is 244 g/mol. The zero-order valence-electron chi connectivity index (χ0n) is 11.6. The molecule has 4 nitrogen and oxygen atoms in total. The molecule has 1 atom stereocenters. The standard InChI is InChI=1S/C13H22N4S/c1-8(2)10-5-6-17(7-10)13-11(12(14)18)9(3)15-16(13)4/h8,10H,5-7H2,1-4H3,(H2,14,18). The highest BCUT2D eigenvalue weighted by Crippen LogP contribution is 2.31. The number of thiocarbonyl (C=S) groups is 1. The van der Waals surface area contributed by atoms with Gasteiger partial charge in [0.25, 0.3) is 0 Å². The molecule has 0 amide bonds. The molecule has 0 radical (unpaired) electrons. The van der Waals surface area contributed by atoms with E-state index in [0.717, 1.165) is 42.0 Å². The van der Waals surface area contributed by atoms with Crippen molar-refractivity contribution >= 4 is 23.0 Å². The lowest BCUT2D eigenvalue weighted by atomic mass is 9.95. The number of nitrogens with zero attached hydrogens (tertiary/aromatic N) is 3. The first-order chi connectivity index (χ1) is 8.41. The fraction of sp³-hybridized carbons (Fsp3) is 0.692. The van der Waals surface area contributed by atoms with E-state index in [1.807, 2.05) is 18.7 Å². The first kappa shape index (κ1) is 13.3. The summed E-state index contributed by atoms with van der Waals surface area (Å²) >= 11 is 5.16. The number of hydrogen-bond acceptors (Lipinski definition) is 3. The van der Waals surface area contributed by atoms with E-state index in [9.17, 15) is 0 Å². The summed E-state index contributed by atoms with van der Waals surface area (Å²) in [5.41, 5.74) is 7.71. The van der Waals surface area contributed by atoms with E-state index >= 15 is 0 Å². The van der Waals surface area contributed by atoms with Crippen LogP contribution in [0.1, 0.15) is 31.5 Å². The fourth-order valence-corrected chi connectivity index (χ4v) is 3.06. The Balaban J connectivity index is 2.32. The number of nitrogens with two attached hydrogens (primary N) is 1. The molecular formula is C13H22N4S. The van der Waals surface area contributed by atoms with Crippen molar-refractivity contribution in [2.45, 2.75) is 27.2 Å². The number of aromatic nitrogens is 2. The van der Waals surface area contributed by atoms with Crippen molar-refractivity contribution in [1.29, 1.82) is 0 Å². The van der Waals surface area contributed by atoms with E-state index in [0.29, 0.717) is 4.99 Å². The molecule has 1 aliphatic heterocycles. The molecule has 2 heterocycles. The lowest BCUT2D eigenvalue weighted by molar-refractivity contribution is 0.422. The van der Waals surface area contributed by atoms with Crippen molar-refractivity contribution in [3.8, 4) is 0 Å². The van der Waals surface area contributed by atoms with E-state index in [1.165, 1.54) is 6.42 Å². The number of anilines is 1. The largest absolute Gasteiger partial charge is 0.389 e. The third kappa shape index (κ3) is 2.23. The number of rotatable bonds is 3. The smallest absolute Gasteiger partial charge is 0.137 e. The zero-order chi connectivity index (χ0) is 13.4. The monoisotopic (exact) mass is 266 g/mol. The highest BCUT2D eigenvalue weighted by atomic mass is 32.1. The van der Waals surface area contributed by atoms with Crippen molar-refractivity contribution in [3.05, 3.63) is 11.3 Å². The Labute approximate surface area is 114 Å². The molecule has 100 valence electrons. The normalized spacial score (nSPS) is 19.8. The summed E-state index contributed by atoms with van der Waals surface area (Å²) < 4.78 is 1.91. The Bertz CT molecular complexity index is 464. The minimum atomic E-state index is 0.448. The molecule has 1 aromatic rings. The molecule has 5 heteroatoms. The molecule has 18 heavy (non-hydrogen) atoms. The second-order valence-corrected chi connectivity index (χ2v) is 5.95. The quantitative estimate of drug-likeness (QED) is 0.848. The van der Waals surface area contributed by atoms with Crippen LogP contribution >= 0.6 is 12.2 Å². The third-order valence-electron chi connectivity index (χ3n) is 3.91. The SMILES string of the molecule is Cc1nn(C)c(N2CCC(C(C)C)C2)c1C(N)=S. The minimum absolute atomic E-state index is 0.448. The lowest BCUT2D eigenvalue weighted by Gasteiger charge is -2.21. The van der Waals surface area contributed by atoms with E-state index in [4.69, 9.17) is 18.0 Å². The van der Waals surface area contributed by atoms with Crippen LogP contribution in [0.15, 0.2) is 0 Å². The van der Waals surface area contributed by atoms with Gasteiger partial charge >= 0.3 is 0 Å². The van der Waals surface area contributed by atoms with Crippen LogP contribution in [-0.4, -0.2) is 27.9 Å². The van der Waals surface area contributed by atoms with Gasteiger partial charge < -0.3 is 10.6 Å². The van der Waals surface area contributed by atoms with Crippen LogP contribution in [-0.2, 0) is 7.05 Å². The second-order valence-electron chi connectivity index (χ2n) is 5.51. The Kier molecular flexibility index (Phi) is 3.61. The maximum Gasteiger partial charge on any atom is 0.137 e. The average molecular weight is 266 g/mol. The first-order valence-corrected chi connectivity index (χ1v) is 6.91. The fourth-order valence-electron chi connectivity index (χ4n) is 2.82. The summed E-state index contributed by atoms with van der Waals surface area (Å²) in [4.78, 5) is 2.82. The topological polar surface area (TPSA) is 47.1 Å². The summed E-state index contributed by atoms with van der Waals surface area (Å²) in [5, 5.41) is 4.45. The summed E-state index contributed by atoms with van der Waals surface area (Å²) in [6.07, 6.45) is 1.23. The predicted octanol–water partition coefficient (Wildman–Crippen LogP) is 1.85. The van der Waals surface area contributed by atoms with Gasteiger partial charge in [-0.05, 0) is 25.2 Å². The van der Waals surface area contributed by atoms with E-state index in [-0.39, 0.29) is 0 Å². The molecule has 1 unspecified atom stereocenters. The molecule has 2 rings (SSSR count). The summed E-state index contributed by atoms with van der Waals surface area (Å²) in [7, 11) is 1.97. The molecule has 2 N–H and O–H groups in total. The molecule has 1 saturated heterocycles. The minimum Gasteiger partial charge on any atom is -0.389 e. The van der Waals surface area contributed by atoms with Crippen molar-refractivity contribution in [2.24, 2.45) is 24.6 Å². The highest BCUT2D eigenvalue weighted by Gasteiger charge is 2.29. The van der Waals surface area contributed by atoms with E-state index < -0.39 is 0 Å².